The molecule has 1 fully saturated rings. The maximum absolute atomic E-state index is 9.08. The molecule has 0 aromatic carbocycles. The number of piperazine rings is 1. The van der Waals surface area contributed by atoms with Crippen LogP contribution in [0.15, 0.2) is 4.42 Å². The van der Waals surface area contributed by atoms with Crippen molar-refractivity contribution < 1.29 is 4.42 Å². The van der Waals surface area contributed by atoms with Crippen LogP contribution in [0.25, 0.3) is 0 Å². The van der Waals surface area contributed by atoms with Crippen LogP contribution in [-0.2, 0) is 6.54 Å². The van der Waals surface area contributed by atoms with Gasteiger partial charge in [-0.1, -0.05) is 6.92 Å². The number of hydrogen-bond donors (Lipinski definition) is 0. The Kier molecular flexibility index (Phi) is 4.56. The summed E-state index contributed by atoms with van der Waals surface area (Å²) in [7, 11) is 0. The van der Waals surface area contributed by atoms with Crippen molar-refractivity contribution in [3.05, 3.63) is 17.3 Å². The lowest BCUT2D eigenvalue weighted by molar-refractivity contribution is 0.101. The first-order valence-electron chi connectivity index (χ1n) is 6.93. The summed E-state index contributed by atoms with van der Waals surface area (Å²) >= 11 is 0. The second-order valence-electron chi connectivity index (χ2n) is 5.11. The van der Waals surface area contributed by atoms with E-state index in [1.165, 1.54) is 0 Å². The lowest BCUT2D eigenvalue weighted by atomic mass is 10.2. The highest BCUT2D eigenvalue weighted by Gasteiger charge is 2.23. The molecule has 0 spiro atoms. The lowest BCUT2D eigenvalue weighted by Gasteiger charge is -2.36. The van der Waals surface area contributed by atoms with Crippen molar-refractivity contribution in [2.75, 3.05) is 26.2 Å². The molecule has 1 aliphatic heterocycles. The molecule has 5 heteroatoms. The quantitative estimate of drug-likeness (QED) is 0.827. The molecule has 1 aromatic heterocycles. The number of rotatable bonds is 4. The maximum Gasteiger partial charge on any atom is 0.208 e. The summed E-state index contributed by atoms with van der Waals surface area (Å²) in [5, 5.41) is 9.08. The molecule has 104 valence electrons. The van der Waals surface area contributed by atoms with Crippen LogP contribution < -0.4 is 0 Å². The third kappa shape index (κ3) is 3.34. The van der Waals surface area contributed by atoms with E-state index in [1.54, 1.807) is 0 Å². The average molecular weight is 262 g/mol. The summed E-state index contributed by atoms with van der Waals surface area (Å²) in [5.41, 5.74) is 0.976. The summed E-state index contributed by atoms with van der Waals surface area (Å²) in [6, 6.07) is 2.44. The molecule has 0 saturated carbocycles. The molecule has 0 N–H and O–H groups in total. The molecule has 1 atom stereocenters. The maximum atomic E-state index is 9.08. The van der Waals surface area contributed by atoms with E-state index >= 15 is 0 Å². The average Bonchev–Trinajstić information content (AvgIpc) is 2.72. The summed E-state index contributed by atoms with van der Waals surface area (Å²) in [6.07, 6.45) is 0.897. The van der Waals surface area contributed by atoms with Crippen LogP contribution in [-0.4, -0.2) is 47.0 Å². The van der Waals surface area contributed by atoms with Crippen molar-refractivity contribution in [2.45, 2.75) is 39.8 Å². The van der Waals surface area contributed by atoms with Crippen molar-refractivity contribution in [3.63, 3.8) is 0 Å². The largest absolute Gasteiger partial charge is 0.444 e. The standard InChI is InChI=1S/C14H22N4O/c1-4-13(9-15)18-7-5-17(6-8-18)10-14-16-11(2)12(3)19-14/h13H,4-8,10H2,1-3H3. The van der Waals surface area contributed by atoms with Crippen molar-refractivity contribution >= 4 is 0 Å². The topological polar surface area (TPSA) is 56.3 Å². The molecular formula is C14H22N4O. The lowest BCUT2D eigenvalue weighted by Crippen LogP contribution is -2.49. The molecule has 2 heterocycles. The predicted molar refractivity (Wildman–Crippen MR) is 72.5 cm³/mol. The molecule has 0 aliphatic carbocycles. The summed E-state index contributed by atoms with van der Waals surface area (Å²) in [6.45, 7) is 10.6. The Morgan fingerprint density at radius 3 is 2.47 bits per heavy atom. The van der Waals surface area contributed by atoms with E-state index in [0.29, 0.717) is 0 Å². The van der Waals surface area contributed by atoms with Gasteiger partial charge in [-0.15, -0.1) is 0 Å². The Hall–Kier alpha value is -1.38. The second-order valence-corrected chi connectivity index (χ2v) is 5.11. The number of aromatic nitrogens is 1. The molecule has 19 heavy (non-hydrogen) atoms. The summed E-state index contributed by atoms with van der Waals surface area (Å²) < 4.78 is 5.61. The van der Waals surface area contributed by atoms with E-state index in [0.717, 1.165) is 56.5 Å². The van der Waals surface area contributed by atoms with E-state index in [-0.39, 0.29) is 6.04 Å². The van der Waals surface area contributed by atoms with E-state index < -0.39 is 0 Å². The molecular weight excluding hydrogens is 240 g/mol. The molecule has 0 amide bonds. The van der Waals surface area contributed by atoms with Crippen LogP contribution in [0.4, 0.5) is 0 Å². The zero-order chi connectivity index (χ0) is 13.8. The Balaban J connectivity index is 1.85. The van der Waals surface area contributed by atoms with Crippen LogP contribution in [0.5, 0.6) is 0 Å². The zero-order valence-electron chi connectivity index (χ0n) is 12.0. The molecule has 0 radical (unpaired) electrons. The molecule has 0 bridgehead atoms. The first kappa shape index (κ1) is 14.0. The van der Waals surface area contributed by atoms with Crippen LogP contribution in [0.3, 0.4) is 0 Å². The minimum Gasteiger partial charge on any atom is -0.444 e. The number of nitriles is 1. The van der Waals surface area contributed by atoms with Crippen molar-refractivity contribution in [3.8, 4) is 6.07 Å². The third-order valence-corrected chi connectivity index (χ3v) is 3.82. The van der Waals surface area contributed by atoms with Gasteiger partial charge in [0.05, 0.1) is 24.3 Å². The highest BCUT2D eigenvalue weighted by Crippen LogP contribution is 2.14. The van der Waals surface area contributed by atoms with Crippen LogP contribution >= 0.6 is 0 Å². The number of nitrogens with zero attached hydrogens (tertiary/aromatic N) is 4. The van der Waals surface area contributed by atoms with Gasteiger partial charge >= 0.3 is 0 Å². The van der Waals surface area contributed by atoms with Gasteiger partial charge in [-0.05, 0) is 20.3 Å². The van der Waals surface area contributed by atoms with Gasteiger partial charge in [-0.3, -0.25) is 9.80 Å². The number of oxazole rings is 1. The smallest absolute Gasteiger partial charge is 0.208 e. The van der Waals surface area contributed by atoms with Crippen LogP contribution in [0.2, 0.25) is 0 Å². The summed E-state index contributed by atoms with van der Waals surface area (Å²) in [5.74, 6) is 1.71. The normalized spacial score (nSPS) is 19.3. The Labute approximate surface area is 114 Å². The fourth-order valence-corrected chi connectivity index (χ4v) is 2.46. The highest BCUT2D eigenvalue weighted by atomic mass is 16.4. The van der Waals surface area contributed by atoms with Gasteiger partial charge in [0.15, 0.2) is 0 Å². The van der Waals surface area contributed by atoms with E-state index in [1.807, 2.05) is 13.8 Å². The Morgan fingerprint density at radius 1 is 1.32 bits per heavy atom. The van der Waals surface area contributed by atoms with Crippen LogP contribution in [0.1, 0.15) is 30.7 Å². The molecule has 1 saturated heterocycles. The first-order chi connectivity index (χ1) is 9.13. The first-order valence-corrected chi connectivity index (χ1v) is 6.93. The monoisotopic (exact) mass is 262 g/mol. The van der Waals surface area contributed by atoms with Crippen molar-refractivity contribution in [2.24, 2.45) is 0 Å². The molecule has 2 rings (SSSR count). The van der Waals surface area contributed by atoms with Gasteiger partial charge in [0, 0.05) is 26.2 Å². The molecule has 5 nitrogen and oxygen atoms in total. The molecule has 1 unspecified atom stereocenters. The summed E-state index contributed by atoms with van der Waals surface area (Å²) in [4.78, 5) is 9.02. The fourth-order valence-electron chi connectivity index (χ4n) is 2.46. The SMILES string of the molecule is CCC(C#N)N1CCN(Cc2nc(C)c(C)o2)CC1. The molecule has 1 aromatic rings. The van der Waals surface area contributed by atoms with E-state index in [9.17, 15) is 0 Å². The van der Waals surface area contributed by atoms with Gasteiger partial charge in [0.1, 0.15) is 5.76 Å². The van der Waals surface area contributed by atoms with Gasteiger partial charge in [0.2, 0.25) is 5.89 Å². The van der Waals surface area contributed by atoms with E-state index in [4.69, 9.17) is 9.68 Å². The number of hydrogen-bond acceptors (Lipinski definition) is 5. The Morgan fingerprint density at radius 2 is 2.00 bits per heavy atom. The van der Waals surface area contributed by atoms with Crippen LogP contribution in [0, 0.1) is 25.2 Å². The zero-order valence-corrected chi connectivity index (χ0v) is 12.0. The van der Waals surface area contributed by atoms with Gasteiger partial charge in [0.25, 0.3) is 0 Å². The third-order valence-electron chi connectivity index (χ3n) is 3.82. The minimum absolute atomic E-state index is 0.0633. The van der Waals surface area contributed by atoms with E-state index in [2.05, 4.69) is 27.8 Å². The van der Waals surface area contributed by atoms with Gasteiger partial charge in [-0.25, -0.2) is 4.98 Å². The van der Waals surface area contributed by atoms with Gasteiger partial charge in [-0.2, -0.15) is 5.26 Å². The fraction of sp³-hybridized carbons (Fsp3) is 0.714. The Bertz CT molecular complexity index is 435. The number of aryl methyl sites for hydroxylation is 2. The predicted octanol–water partition coefficient (Wildman–Crippen LogP) is 1.71. The van der Waals surface area contributed by atoms with Crippen molar-refractivity contribution in [1.29, 1.82) is 5.26 Å². The van der Waals surface area contributed by atoms with Gasteiger partial charge < -0.3 is 4.42 Å². The highest BCUT2D eigenvalue weighted by molar-refractivity contribution is 5.05. The minimum atomic E-state index is 0.0633. The molecule has 1 aliphatic rings. The second kappa shape index (κ2) is 6.18. The van der Waals surface area contributed by atoms with Crippen molar-refractivity contribution in [1.82, 2.24) is 14.8 Å².